The summed E-state index contributed by atoms with van der Waals surface area (Å²) in [5, 5.41) is 9.08. The molecule has 19 heavy (non-hydrogen) atoms. The number of nitrogens with two attached hydrogens (primary N) is 1. The molecule has 0 heterocycles. The highest BCUT2D eigenvalue weighted by molar-refractivity contribution is 4.93. The normalized spacial score (nSPS) is 31.4. The van der Waals surface area contributed by atoms with Crippen LogP contribution >= 0.6 is 0 Å². The molecule has 2 aliphatic rings. The van der Waals surface area contributed by atoms with Gasteiger partial charge in [0.25, 0.3) is 0 Å². The molecular weight excluding hydrogens is 236 g/mol. The average Bonchev–Trinajstić information content (AvgIpc) is 2.29. The van der Waals surface area contributed by atoms with Crippen molar-refractivity contribution in [3.05, 3.63) is 0 Å². The average molecular weight is 268 g/mol. The van der Waals surface area contributed by atoms with Crippen molar-refractivity contribution in [2.24, 2.45) is 17.1 Å². The van der Waals surface area contributed by atoms with Gasteiger partial charge in [-0.25, -0.2) is 0 Å². The lowest BCUT2D eigenvalue weighted by Crippen LogP contribution is -2.52. The van der Waals surface area contributed by atoms with Crippen LogP contribution < -0.4 is 5.73 Å². The minimum Gasteiger partial charge on any atom is -0.396 e. The van der Waals surface area contributed by atoms with Crippen LogP contribution in [0.4, 0.5) is 0 Å². The molecule has 2 aliphatic carbocycles. The van der Waals surface area contributed by atoms with Crippen LogP contribution in [-0.4, -0.2) is 41.8 Å². The highest BCUT2D eigenvalue weighted by Crippen LogP contribution is 2.39. The van der Waals surface area contributed by atoms with Crippen LogP contribution in [0.5, 0.6) is 0 Å². The van der Waals surface area contributed by atoms with Crippen molar-refractivity contribution in [3.63, 3.8) is 0 Å². The van der Waals surface area contributed by atoms with E-state index in [0.29, 0.717) is 24.0 Å². The molecule has 0 amide bonds. The van der Waals surface area contributed by atoms with Crippen LogP contribution in [0.1, 0.15) is 58.8 Å². The van der Waals surface area contributed by atoms with Gasteiger partial charge >= 0.3 is 0 Å². The summed E-state index contributed by atoms with van der Waals surface area (Å²) in [6.07, 6.45) is 8.85. The van der Waals surface area contributed by atoms with Crippen molar-refractivity contribution in [1.29, 1.82) is 0 Å². The van der Waals surface area contributed by atoms with Crippen molar-refractivity contribution in [2.45, 2.75) is 70.9 Å². The van der Waals surface area contributed by atoms with Gasteiger partial charge in [-0.15, -0.1) is 0 Å². The first-order chi connectivity index (χ1) is 9.04. The number of aliphatic hydroxyl groups excluding tert-OH is 1. The van der Waals surface area contributed by atoms with Crippen LogP contribution in [0.15, 0.2) is 0 Å². The fourth-order valence-electron chi connectivity index (χ4n) is 3.76. The van der Waals surface area contributed by atoms with E-state index in [1.807, 2.05) is 0 Å². The molecule has 2 unspecified atom stereocenters. The van der Waals surface area contributed by atoms with Gasteiger partial charge in [0.1, 0.15) is 0 Å². The quantitative estimate of drug-likeness (QED) is 0.777. The molecule has 3 heteroatoms. The van der Waals surface area contributed by atoms with E-state index in [4.69, 9.17) is 10.8 Å². The van der Waals surface area contributed by atoms with Gasteiger partial charge in [0, 0.05) is 31.8 Å². The van der Waals surface area contributed by atoms with E-state index in [-0.39, 0.29) is 0 Å². The predicted octanol–water partition coefficient (Wildman–Crippen LogP) is 2.38. The van der Waals surface area contributed by atoms with Crippen LogP contribution in [-0.2, 0) is 0 Å². The third-order valence-electron chi connectivity index (χ3n) is 5.47. The zero-order chi connectivity index (χ0) is 13.9. The summed E-state index contributed by atoms with van der Waals surface area (Å²) in [6, 6.07) is 1.10. The van der Waals surface area contributed by atoms with Crippen LogP contribution in [0.2, 0.25) is 0 Å². The van der Waals surface area contributed by atoms with Crippen LogP contribution in [0.25, 0.3) is 0 Å². The monoisotopic (exact) mass is 268 g/mol. The fraction of sp³-hybridized carbons (Fsp3) is 1.00. The number of aliphatic hydroxyl groups is 1. The highest BCUT2D eigenvalue weighted by Gasteiger charge is 2.38. The first-order valence-electron chi connectivity index (χ1n) is 8.15. The van der Waals surface area contributed by atoms with Gasteiger partial charge < -0.3 is 10.8 Å². The summed E-state index contributed by atoms with van der Waals surface area (Å²) in [6.45, 7) is 7.15. The SMILES string of the molecule is CC1(C)CCCC(CN(CCCO)C2CCC2)C1N. The second kappa shape index (κ2) is 6.55. The first kappa shape index (κ1) is 15.3. The van der Waals surface area contributed by atoms with Gasteiger partial charge in [0.15, 0.2) is 0 Å². The Balaban J connectivity index is 1.91. The number of nitrogens with zero attached hydrogens (tertiary/aromatic N) is 1. The van der Waals surface area contributed by atoms with Gasteiger partial charge in [0.2, 0.25) is 0 Å². The van der Waals surface area contributed by atoms with E-state index < -0.39 is 0 Å². The fourth-order valence-corrected chi connectivity index (χ4v) is 3.76. The standard InChI is InChI=1S/C16H32N2O/c1-16(2)9-4-6-13(15(16)17)12-18(10-5-11-19)14-7-3-8-14/h13-15,19H,3-12,17H2,1-2H3. The van der Waals surface area contributed by atoms with E-state index in [1.165, 1.54) is 38.5 Å². The zero-order valence-electron chi connectivity index (χ0n) is 12.8. The molecule has 0 saturated heterocycles. The minimum atomic E-state index is 0.297. The van der Waals surface area contributed by atoms with Crippen molar-refractivity contribution >= 4 is 0 Å². The lowest BCUT2D eigenvalue weighted by Gasteiger charge is -2.46. The Kier molecular flexibility index (Phi) is 5.27. The van der Waals surface area contributed by atoms with Crippen molar-refractivity contribution in [1.82, 2.24) is 4.90 Å². The largest absolute Gasteiger partial charge is 0.396 e. The molecule has 0 aromatic heterocycles. The Morgan fingerprint density at radius 2 is 1.95 bits per heavy atom. The maximum atomic E-state index is 9.08. The second-order valence-electron chi connectivity index (χ2n) is 7.32. The zero-order valence-corrected chi connectivity index (χ0v) is 12.8. The van der Waals surface area contributed by atoms with E-state index >= 15 is 0 Å². The topological polar surface area (TPSA) is 49.5 Å². The first-order valence-corrected chi connectivity index (χ1v) is 8.15. The van der Waals surface area contributed by atoms with Gasteiger partial charge in [-0.05, 0) is 43.4 Å². The van der Waals surface area contributed by atoms with Crippen LogP contribution in [0, 0.1) is 11.3 Å². The molecule has 2 rings (SSSR count). The Hall–Kier alpha value is -0.120. The summed E-state index contributed by atoms with van der Waals surface area (Å²) in [4.78, 5) is 2.62. The van der Waals surface area contributed by atoms with Gasteiger partial charge in [-0.2, -0.15) is 0 Å². The summed E-state index contributed by atoms with van der Waals surface area (Å²) in [7, 11) is 0. The lowest BCUT2D eigenvalue weighted by atomic mass is 9.68. The molecule has 2 atom stereocenters. The van der Waals surface area contributed by atoms with E-state index in [2.05, 4.69) is 18.7 Å². The molecule has 3 N–H and O–H groups in total. The Morgan fingerprint density at radius 1 is 1.21 bits per heavy atom. The lowest BCUT2D eigenvalue weighted by molar-refractivity contribution is 0.0557. The van der Waals surface area contributed by atoms with E-state index in [9.17, 15) is 0 Å². The molecule has 112 valence electrons. The van der Waals surface area contributed by atoms with Crippen molar-refractivity contribution < 1.29 is 5.11 Å². The van der Waals surface area contributed by atoms with E-state index in [1.54, 1.807) is 0 Å². The third kappa shape index (κ3) is 3.71. The molecule has 0 aliphatic heterocycles. The number of hydrogen-bond donors (Lipinski definition) is 2. The number of rotatable bonds is 6. The van der Waals surface area contributed by atoms with Gasteiger partial charge in [0.05, 0.1) is 0 Å². The molecular formula is C16H32N2O. The summed E-state index contributed by atoms with van der Waals surface area (Å²) in [5.74, 6) is 0.642. The molecule has 2 saturated carbocycles. The Labute approximate surface area is 118 Å². The molecule has 0 aromatic rings. The van der Waals surface area contributed by atoms with E-state index in [0.717, 1.165) is 25.6 Å². The van der Waals surface area contributed by atoms with Gasteiger partial charge in [-0.3, -0.25) is 4.90 Å². The summed E-state index contributed by atoms with van der Waals surface area (Å²) < 4.78 is 0. The predicted molar refractivity (Wildman–Crippen MR) is 80.0 cm³/mol. The molecule has 0 radical (unpaired) electrons. The molecule has 0 spiro atoms. The second-order valence-corrected chi connectivity index (χ2v) is 7.32. The number of hydrogen-bond acceptors (Lipinski definition) is 3. The van der Waals surface area contributed by atoms with Crippen molar-refractivity contribution in [2.75, 3.05) is 19.7 Å². The molecule has 0 aromatic carbocycles. The Bertz CT molecular complexity index is 276. The molecule has 3 nitrogen and oxygen atoms in total. The highest BCUT2D eigenvalue weighted by atomic mass is 16.3. The maximum Gasteiger partial charge on any atom is 0.0443 e. The third-order valence-corrected chi connectivity index (χ3v) is 5.47. The summed E-state index contributed by atoms with van der Waals surface area (Å²) in [5.41, 5.74) is 6.81. The smallest absolute Gasteiger partial charge is 0.0443 e. The van der Waals surface area contributed by atoms with Crippen molar-refractivity contribution in [3.8, 4) is 0 Å². The van der Waals surface area contributed by atoms with Gasteiger partial charge in [-0.1, -0.05) is 26.7 Å². The van der Waals surface area contributed by atoms with Crippen LogP contribution in [0.3, 0.4) is 0 Å². The minimum absolute atomic E-state index is 0.297. The Morgan fingerprint density at radius 3 is 2.53 bits per heavy atom. The molecule has 2 fully saturated rings. The maximum absolute atomic E-state index is 9.08. The molecule has 0 bridgehead atoms. The summed E-state index contributed by atoms with van der Waals surface area (Å²) >= 11 is 0.